The molecule has 0 aliphatic rings. The maximum absolute atomic E-state index is 11.9. The summed E-state index contributed by atoms with van der Waals surface area (Å²) >= 11 is 3.36. The maximum Gasteiger partial charge on any atom is 0.329 e. The van der Waals surface area contributed by atoms with Crippen LogP contribution in [0, 0.1) is 6.92 Å². The van der Waals surface area contributed by atoms with E-state index in [0.29, 0.717) is 23.6 Å². The van der Waals surface area contributed by atoms with Gasteiger partial charge in [0.05, 0.1) is 6.21 Å². The number of aryl methyl sites for hydroxylation is 1. The highest BCUT2D eigenvalue weighted by Gasteiger charge is 2.13. The van der Waals surface area contributed by atoms with Crippen LogP contribution in [0.15, 0.2) is 64.7 Å². The quantitative estimate of drug-likeness (QED) is 0.328. The molecule has 2 amide bonds. The monoisotopic (exact) mass is 415 g/mol. The normalized spacial score (nSPS) is 10.4. The number of amides is 2. The summed E-state index contributed by atoms with van der Waals surface area (Å²) < 4.78 is 6.34. The van der Waals surface area contributed by atoms with Gasteiger partial charge in [-0.1, -0.05) is 46.8 Å². The zero-order valence-electron chi connectivity index (χ0n) is 14.2. The van der Waals surface area contributed by atoms with Crippen molar-refractivity contribution in [1.29, 1.82) is 0 Å². The minimum absolute atomic E-state index is 0.341. The number of nitrogens with one attached hydrogen (secondary N) is 2. The third kappa shape index (κ3) is 5.56. The van der Waals surface area contributed by atoms with E-state index in [4.69, 9.17) is 4.74 Å². The number of rotatable bonds is 6. The van der Waals surface area contributed by atoms with Crippen LogP contribution in [0.1, 0.15) is 11.1 Å². The van der Waals surface area contributed by atoms with E-state index in [1.165, 1.54) is 6.21 Å². The molecule has 0 aliphatic carbocycles. The number of benzene rings is 2. The van der Waals surface area contributed by atoms with Crippen molar-refractivity contribution in [1.82, 2.24) is 5.43 Å². The minimum atomic E-state index is -0.868. The number of hydrogen-bond acceptors (Lipinski definition) is 4. The average Bonchev–Trinajstić information content (AvgIpc) is 2.62. The fraction of sp³-hybridized carbons (Fsp3) is 0.105. The number of halogens is 1. The Kier molecular flexibility index (Phi) is 7.11. The van der Waals surface area contributed by atoms with Gasteiger partial charge in [-0.15, -0.1) is 0 Å². The van der Waals surface area contributed by atoms with Gasteiger partial charge in [0.2, 0.25) is 0 Å². The van der Waals surface area contributed by atoms with Crippen molar-refractivity contribution in [2.45, 2.75) is 6.92 Å². The number of carbonyl (C=O) groups excluding carboxylic acids is 2. The number of anilines is 1. The first-order chi connectivity index (χ1) is 12.5. The molecule has 0 heterocycles. The Labute approximate surface area is 160 Å². The molecule has 0 aromatic heterocycles. The van der Waals surface area contributed by atoms with Crippen LogP contribution in [-0.2, 0) is 9.59 Å². The van der Waals surface area contributed by atoms with E-state index in [-0.39, 0.29) is 0 Å². The molecule has 0 spiro atoms. The number of ether oxygens (including phenoxy) is 1. The molecule has 2 rings (SSSR count). The summed E-state index contributed by atoms with van der Waals surface area (Å²) in [6, 6.07) is 12.5. The van der Waals surface area contributed by atoms with Gasteiger partial charge in [0.15, 0.2) is 0 Å². The van der Waals surface area contributed by atoms with Crippen molar-refractivity contribution in [3.63, 3.8) is 0 Å². The first kappa shape index (κ1) is 19.4. The molecule has 26 heavy (non-hydrogen) atoms. The fourth-order valence-corrected chi connectivity index (χ4v) is 2.38. The molecule has 7 heteroatoms. The Balaban J connectivity index is 2.00. The highest BCUT2D eigenvalue weighted by Crippen LogP contribution is 2.21. The SMILES string of the molecule is C=CCOc1ccc(Br)cc1/C=N\NC(=O)C(=O)Nc1ccccc1C. The Morgan fingerprint density at radius 3 is 2.73 bits per heavy atom. The Bertz CT molecular complexity index is 850. The average molecular weight is 416 g/mol. The van der Waals surface area contributed by atoms with Crippen LogP contribution in [0.25, 0.3) is 0 Å². The lowest BCUT2D eigenvalue weighted by Crippen LogP contribution is -2.32. The summed E-state index contributed by atoms with van der Waals surface area (Å²) in [5.41, 5.74) is 4.27. The van der Waals surface area contributed by atoms with Gasteiger partial charge in [0.25, 0.3) is 0 Å². The highest BCUT2D eigenvalue weighted by molar-refractivity contribution is 9.10. The molecule has 0 fully saturated rings. The minimum Gasteiger partial charge on any atom is -0.489 e. The smallest absolute Gasteiger partial charge is 0.329 e. The van der Waals surface area contributed by atoms with E-state index in [2.05, 4.69) is 38.4 Å². The van der Waals surface area contributed by atoms with Gasteiger partial charge in [-0.2, -0.15) is 5.10 Å². The van der Waals surface area contributed by atoms with Crippen LogP contribution >= 0.6 is 15.9 Å². The molecule has 134 valence electrons. The molecule has 0 unspecified atom stereocenters. The van der Waals surface area contributed by atoms with Gasteiger partial charge in [0, 0.05) is 15.7 Å². The lowest BCUT2D eigenvalue weighted by molar-refractivity contribution is -0.136. The third-order valence-corrected chi connectivity index (χ3v) is 3.79. The molecule has 2 aromatic carbocycles. The molecular formula is C19H18BrN3O3. The van der Waals surface area contributed by atoms with Crippen LogP contribution in [-0.4, -0.2) is 24.6 Å². The molecule has 0 saturated carbocycles. The third-order valence-electron chi connectivity index (χ3n) is 3.30. The lowest BCUT2D eigenvalue weighted by atomic mass is 10.2. The van der Waals surface area contributed by atoms with Gasteiger partial charge in [-0.05, 0) is 36.8 Å². The van der Waals surface area contributed by atoms with E-state index in [1.54, 1.807) is 30.3 Å². The topological polar surface area (TPSA) is 79.8 Å². The summed E-state index contributed by atoms with van der Waals surface area (Å²) in [7, 11) is 0. The standard InChI is InChI=1S/C19H18BrN3O3/c1-3-10-26-17-9-8-15(20)11-14(17)12-21-23-19(25)18(24)22-16-7-5-4-6-13(16)2/h3-9,11-12H,1,10H2,2H3,(H,22,24)(H,23,25)/b21-12-. The van der Waals surface area contributed by atoms with E-state index in [9.17, 15) is 9.59 Å². The first-order valence-corrected chi connectivity index (χ1v) is 8.54. The molecule has 0 saturated heterocycles. The predicted molar refractivity (Wildman–Crippen MR) is 105 cm³/mol. The van der Waals surface area contributed by atoms with Gasteiger partial charge >= 0.3 is 11.8 Å². The second-order valence-electron chi connectivity index (χ2n) is 5.25. The number of hydrazone groups is 1. The Hall–Kier alpha value is -2.93. The van der Waals surface area contributed by atoms with Gasteiger partial charge in [-0.3, -0.25) is 9.59 Å². The van der Waals surface area contributed by atoms with Gasteiger partial charge in [0.1, 0.15) is 12.4 Å². The van der Waals surface area contributed by atoms with Crippen molar-refractivity contribution < 1.29 is 14.3 Å². The van der Waals surface area contributed by atoms with E-state index < -0.39 is 11.8 Å². The van der Waals surface area contributed by atoms with Crippen LogP contribution in [0.4, 0.5) is 5.69 Å². The van der Waals surface area contributed by atoms with Crippen molar-refractivity contribution in [2.24, 2.45) is 5.10 Å². The largest absolute Gasteiger partial charge is 0.489 e. The number of carbonyl (C=O) groups is 2. The Morgan fingerprint density at radius 1 is 1.23 bits per heavy atom. The zero-order chi connectivity index (χ0) is 18.9. The van der Waals surface area contributed by atoms with Crippen LogP contribution in [0.2, 0.25) is 0 Å². The summed E-state index contributed by atoms with van der Waals surface area (Å²) in [6.45, 7) is 5.78. The first-order valence-electron chi connectivity index (χ1n) is 7.74. The number of nitrogens with zero attached hydrogens (tertiary/aromatic N) is 1. The molecule has 2 aromatic rings. The Morgan fingerprint density at radius 2 is 2.00 bits per heavy atom. The molecule has 0 bridgehead atoms. The van der Waals surface area contributed by atoms with Crippen molar-refractivity contribution in [3.8, 4) is 5.75 Å². The van der Waals surface area contributed by atoms with Crippen LogP contribution in [0.3, 0.4) is 0 Å². The molecule has 0 aliphatic heterocycles. The van der Waals surface area contributed by atoms with Crippen LogP contribution in [0.5, 0.6) is 5.75 Å². The second kappa shape index (κ2) is 9.53. The summed E-state index contributed by atoms with van der Waals surface area (Å²) in [6.07, 6.45) is 3.03. The van der Waals surface area contributed by atoms with Gasteiger partial charge < -0.3 is 10.1 Å². The van der Waals surface area contributed by atoms with E-state index in [0.717, 1.165) is 10.0 Å². The van der Waals surface area contributed by atoms with Crippen molar-refractivity contribution in [2.75, 3.05) is 11.9 Å². The molecule has 6 nitrogen and oxygen atoms in total. The molecule has 0 radical (unpaired) electrons. The second-order valence-corrected chi connectivity index (χ2v) is 6.17. The maximum atomic E-state index is 11.9. The van der Waals surface area contributed by atoms with Gasteiger partial charge in [-0.25, -0.2) is 5.43 Å². The molecular weight excluding hydrogens is 398 g/mol. The van der Waals surface area contributed by atoms with Crippen molar-refractivity contribution >= 4 is 39.6 Å². The van der Waals surface area contributed by atoms with E-state index >= 15 is 0 Å². The van der Waals surface area contributed by atoms with E-state index in [1.807, 2.05) is 25.1 Å². The number of hydrogen-bond donors (Lipinski definition) is 2. The van der Waals surface area contributed by atoms with Crippen LogP contribution < -0.4 is 15.5 Å². The molecule has 0 atom stereocenters. The predicted octanol–water partition coefficient (Wildman–Crippen LogP) is 3.41. The van der Waals surface area contributed by atoms with Crippen molar-refractivity contribution in [3.05, 3.63) is 70.7 Å². The zero-order valence-corrected chi connectivity index (χ0v) is 15.7. The highest BCUT2D eigenvalue weighted by atomic mass is 79.9. The lowest BCUT2D eigenvalue weighted by Gasteiger charge is -2.08. The summed E-state index contributed by atoms with van der Waals surface area (Å²) in [5.74, 6) is -1.09. The summed E-state index contributed by atoms with van der Waals surface area (Å²) in [4.78, 5) is 23.8. The fourth-order valence-electron chi connectivity index (χ4n) is 2.00. The summed E-state index contributed by atoms with van der Waals surface area (Å²) in [5, 5.41) is 6.36. The number of para-hydroxylation sites is 1. The molecule has 2 N–H and O–H groups in total.